The van der Waals surface area contributed by atoms with Crippen LogP contribution in [0, 0.1) is 21.7 Å². The number of hydrogen-bond donors (Lipinski definition) is 1. The molecule has 0 aliphatic heterocycles. The molecule has 1 heterocycles. The van der Waals surface area contributed by atoms with Gasteiger partial charge in [0.25, 0.3) is 11.6 Å². The summed E-state index contributed by atoms with van der Waals surface area (Å²) in [6.07, 6.45) is 0.977. The zero-order valence-electron chi connectivity index (χ0n) is 10.1. The van der Waals surface area contributed by atoms with Gasteiger partial charge in [-0.3, -0.25) is 10.1 Å². The molecular formula is C12H6F2N2O5. The van der Waals surface area contributed by atoms with Crippen molar-refractivity contribution < 1.29 is 28.3 Å². The van der Waals surface area contributed by atoms with Crippen molar-refractivity contribution in [1.29, 1.82) is 0 Å². The summed E-state index contributed by atoms with van der Waals surface area (Å²) < 4.78 is 32.2. The van der Waals surface area contributed by atoms with Crippen molar-refractivity contribution in [3.05, 3.63) is 57.8 Å². The molecule has 1 aromatic heterocycles. The molecule has 7 nitrogen and oxygen atoms in total. The largest absolute Gasteiger partial charge is 0.478 e. The van der Waals surface area contributed by atoms with E-state index in [2.05, 4.69) is 4.98 Å². The Labute approximate surface area is 115 Å². The number of halogens is 2. The lowest BCUT2D eigenvalue weighted by Gasteiger charge is -2.07. The summed E-state index contributed by atoms with van der Waals surface area (Å²) in [6, 6.07) is 3.38. The summed E-state index contributed by atoms with van der Waals surface area (Å²) in [6.45, 7) is 0. The molecule has 0 spiro atoms. The van der Waals surface area contributed by atoms with Crippen molar-refractivity contribution in [3.8, 4) is 11.6 Å². The number of aromatic nitrogens is 1. The number of non-ortho nitro benzene ring substituents is 1. The van der Waals surface area contributed by atoms with Crippen LogP contribution in [-0.2, 0) is 0 Å². The van der Waals surface area contributed by atoms with Gasteiger partial charge < -0.3 is 9.84 Å². The lowest BCUT2D eigenvalue weighted by molar-refractivity contribution is -0.385. The maximum absolute atomic E-state index is 13.7. The molecule has 2 aromatic rings. The number of nitro benzene ring substituents is 1. The van der Waals surface area contributed by atoms with Gasteiger partial charge in [-0.2, -0.15) is 0 Å². The first kappa shape index (κ1) is 14.3. The minimum Gasteiger partial charge on any atom is -0.478 e. The van der Waals surface area contributed by atoms with Crippen LogP contribution in [0.3, 0.4) is 0 Å². The van der Waals surface area contributed by atoms with Crippen LogP contribution in [0.1, 0.15) is 10.4 Å². The molecule has 1 aromatic carbocycles. The summed E-state index contributed by atoms with van der Waals surface area (Å²) in [7, 11) is 0. The number of carboxylic acid groups (broad SMARTS) is 1. The fourth-order valence-electron chi connectivity index (χ4n) is 1.45. The topological polar surface area (TPSA) is 103 Å². The third kappa shape index (κ3) is 2.91. The zero-order chi connectivity index (χ0) is 15.6. The Morgan fingerprint density at radius 3 is 2.62 bits per heavy atom. The van der Waals surface area contributed by atoms with Gasteiger partial charge in [-0.15, -0.1) is 0 Å². The second-order valence-electron chi connectivity index (χ2n) is 3.76. The van der Waals surface area contributed by atoms with Crippen LogP contribution in [0.5, 0.6) is 11.6 Å². The van der Waals surface area contributed by atoms with Crippen molar-refractivity contribution in [1.82, 2.24) is 4.98 Å². The number of hydrogen-bond acceptors (Lipinski definition) is 5. The average molecular weight is 296 g/mol. The number of benzene rings is 1. The Bertz CT molecular complexity index is 736. The van der Waals surface area contributed by atoms with E-state index < -0.39 is 45.4 Å². The fraction of sp³-hybridized carbons (Fsp3) is 0. The lowest BCUT2D eigenvalue weighted by atomic mass is 10.2. The normalized spacial score (nSPS) is 10.2. The molecule has 0 radical (unpaired) electrons. The Hall–Kier alpha value is -3.10. The number of nitro groups is 1. The first-order chi connectivity index (χ1) is 9.90. The van der Waals surface area contributed by atoms with Crippen LogP contribution in [0.4, 0.5) is 14.5 Å². The number of ether oxygens (including phenoxy) is 1. The van der Waals surface area contributed by atoms with E-state index in [0.717, 1.165) is 24.4 Å². The molecule has 0 amide bonds. The molecule has 0 aliphatic carbocycles. The van der Waals surface area contributed by atoms with Crippen molar-refractivity contribution in [2.24, 2.45) is 0 Å². The molecule has 9 heteroatoms. The highest BCUT2D eigenvalue weighted by Crippen LogP contribution is 2.28. The molecule has 0 fully saturated rings. The average Bonchev–Trinajstić information content (AvgIpc) is 2.42. The number of rotatable bonds is 4. The van der Waals surface area contributed by atoms with E-state index in [-0.39, 0.29) is 0 Å². The van der Waals surface area contributed by atoms with Gasteiger partial charge in [-0.25, -0.2) is 18.6 Å². The minimum absolute atomic E-state index is 0.507. The van der Waals surface area contributed by atoms with E-state index >= 15 is 0 Å². The van der Waals surface area contributed by atoms with Gasteiger partial charge in [0.15, 0.2) is 17.4 Å². The number of nitrogens with zero attached hydrogens (tertiary/aromatic N) is 2. The SMILES string of the molecule is O=C(O)c1ccnc(Oc2ccc([N+](=O)[O-])cc2F)c1F. The molecule has 1 N–H and O–H groups in total. The number of carbonyl (C=O) groups is 1. The predicted molar refractivity (Wildman–Crippen MR) is 64.3 cm³/mol. The molecule has 2 rings (SSSR count). The van der Waals surface area contributed by atoms with Gasteiger partial charge in [-0.1, -0.05) is 0 Å². The Balaban J connectivity index is 2.37. The molecule has 108 valence electrons. The second kappa shape index (κ2) is 5.49. The van der Waals surface area contributed by atoms with Gasteiger partial charge >= 0.3 is 5.97 Å². The van der Waals surface area contributed by atoms with E-state index in [1.165, 1.54) is 0 Å². The Morgan fingerprint density at radius 1 is 1.33 bits per heavy atom. The van der Waals surface area contributed by atoms with Crippen LogP contribution in [0.2, 0.25) is 0 Å². The highest BCUT2D eigenvalue weighted by molar-refractivity contribution is 5.88. The Morgan fingerprint density at radius 2 is 2.05 bits per heavy atom. The summed E-state index contributed by atoms with van der Waals surface area (Å²) in [5.74, 6) is -5.19. The van der Waals surface area contributed by atoms with E-state index in [1.54, 1.807) is 0 Å². The van der Waals surface area contributed by atoms with Gasteiger partial charge in [0.2, 0.25) is 0 Å². The maximum atomic E-state index is 13.7. The van der Waals surface area contributed by atoms with E-state index in [0.29, 0.717) is 6.07 Å². The van der Waals surface area contributed by atoms with Gasteiger partial charge in [0, 0.05) is 12.3 Å². The van der Waals surface area contributed by atoms with Crippen LogP contribution in [-0.4, -0.2) is 21.0 Å². The molecule has 0 aliphatic rings. The van der Waals surface area contributed by atoms with Crippen LogP contribution < -0.4 is 4.74 Å². The summed E-state index contributed by atoms with van der Waals surface area (Å²) in [5, 5.41) is 19.2. The molecule has 0 bridgehead atoms. The van der Waals surface area contributed by atoms with E-state index in [1.807, 2.05) is 0 Å². The quantitative estimate of drug-likeness (QED) is 0.687. The molecule has 0 atom stereocenters. The van der Waals surface area contributed by atoms with Crippen molar-refractivity contribution in [2.75, 3.05) is 0 Å². The van der Waals surface area contributed by atoms with Gasteiger partial charge in [0.1, 0.15) is 5.56 Å². The number of pyridine rings is 1. The van der Waals surface area contributed by atoms with E-state index in [9.17, 15) is 23.7 Å². The molecule has 21 heavy (non-hydrogen) atoms. The maximum Gasteiger partial charge on any atom is 0.338 e. The highest BCUT2D eigenvalue weighted by atomic mass is 19.1. The van der Waals surface area contributed by atoms with Gasteiger partial charge in [-0.05, 0) is 12.1 Å². The molecule has 0 saturated heterocycles. The van der Waals surface area contributed by atoms with Crippen LogP contribution >= 0.6 is 0 Å². The van der Waals surface area contributed by atoms with Crippen molar-refractivity contribution >= 4 is 11.7 Å². The Kier molecular flexibility index (Phi) is 3.74. The monoisotopic (exact) mass is 296 g/mol. The zero-order valence-corrected chi connectivity index (χ0v) is 10.1. The predicted octanol–water partition coefficient (Wildman–Crippen LogP) is 2.76. The third-order valence-electron chi connectivity index (χ3n) is 2.42. The number of carboxylic acids is 1. The first-order valence-corrected chi connectivity index (χ1v) is 5.39. The number of aromatic carboxylic acids is 1. The third-order valence-corrected chi connectivity index (χ3v) is 2.42. The summed E-state index contributed by atoms with van der Waals surface area (Å²) in [5.41, 5.74) is -1.20. The van der Waals surface area contributed by atoms with E-state index in [4.69, 9.17) is 9.84 Å². The molecule has 0 unspecified atom stereocenters. The fourth-order valence-corrected chi connectivity index (χ4v) is 1.45. The lowest BCUT2D eigenvalue weighted by Crippen LogP contribution is -2.04. The van der Waals surface area contributed by atoms with Crippen molar-refractivity contribution in [2.45, 2.75) is 0 Å². The highest BCUT2D eigenvalue weighted by Gasteiger charge is 2.19. The minimum atomic E-state index is -1.54. The second-order valence-corrected chi connectivity index (χ2v) is 3.76. The standard InChI is InChI=1S/C12H6F2N2O5/c13-8-5-6(16(19)20)1-2-9(8)21-11-10(14)7(12(17)18)3-4-15-11/h1-5H,(H,17,18). The molecular weight excluding hydrogens is 290 g/mol. The first-order valence-electron chi connectivity index (χ1n) is 5.39. The van der Waals surface area contributed by atoms with Crippen molar-refractivity contribution in [3.63, 3.8) is 0 Å². The van der Waals surface area contributed by atoms with Crippen LogP contribution in [0.15, 0.2) is 30.5 Å². The van der Waals surface area contributed by atoms with Gasteiger partial charge in [0.05, 0.1) is 11.0 Å². The van der Waals surface area contributed by atoms with Crippen LogP contribution in [0.25, 0.3) is 0 Å². The smallest absolute Gasteiger partial charge is 0.338 e. The molecule has 0 saturated carbocycles. The summed E-state index contributed by atoms with van der Waals surface area (Å²) >= 11 is 0. The summed E-state index contributed by atoms with van der Waals surface area (Å²) in [4.78, 5) is 23.8.